The zero-order valence-electron chi connectivity index (χ0n) is 11.7. The molecule has 2 rings (SSSR count). The normalized spacial score (nSPS) is 20.4. The summed E-state index contributed by atoms with van der Waals surface area (Å²) >= 11 is 12.1. The van der Waals surface area contributed by atoms with Crippen LogP contribution in [-0.2, 0) is 9.59 Å². The van der Waals surface area contributed by atoms with Crippen LogP contribution < -0.4 is 0 Å². The topological polar surface area (TPSA) is 37.4 Å². The second kappa shape index (κ2) is 5.38. The molecule has 0 unspecified atom stereocenters. The van der Waals surface area contributed by atoms with E-state index in [1.807, 2.05) is 20.8 Å². The zero-order valence-corrected chi connectivity index (χ0v) is 13.3. The van der Waals surface area contributed by atoms with Crippen LogP contribution >= 0.6 is 23.2 Å². The molecule has 0 aromatic heterocycles. The highest BCUT2D eigenvalue weighted by atomic mass is 35.5. The SMILES string of the molecule is CC(C)(C)N1C(=O)CC(=O)C[C@@H]1c1ccc(Cl)cc1Cl. The minimum absolute atomic E-state index is 0.0288. The number of nitrogens with zero attached hydrogens (tertiary/aromatic N) is 1. The fourth-order valence-electron chi connectivity index (χ4n) is 2.67. The first-order valence-electron chi connectivity index (χ1n) is 6.49. The van der Waals surface area contributed by atoms with Gasteiger partial charge in [0.1, 0.15) is 5.78 Å². The number of hydrogen-bond acceptors (Lipinski definition) is 2. The highest BCUT2D eigenvalue weighted by molar-refractivity contribution is 6.35. The molecule has 0 N–H and O–H groups in total. The van der Waals surface area contributed by atoms with Crippen LogP contribution in [0.2, 0.25) is 10.0 Å². The van der Waals surface area contributed by atoms with Crippen LogP contribution in [0.25, 0.3) is 0 Å². The van der Waals surface area contributed by atoms with Crippen LogP contribution in [0.5, 0.6) is 0 Å². The van der Waals surface area contributed by atoms with Crippen molar-refractivity contribution in [3.63, 3.8) is 0 Å². The number of benzene rings is 1. The summed E-state index contributed by atoms with van der Waals surface area (Å²) in [5.74, 6) is -0.198. The molecule has 0 radical (unpaired) electrons. The molecule has 1 aliphatic rings. The fraction of sp³-hybridized carbons (Fsp3) is 0.467. The lowest BCUT2D eigenvalue weighted by Gasteiger charge is -2.44. The van der Waals surface area contributed by atoms with Gasteiger partial charge in [-0.2, -0.15) is 0 Å². The number of carbonyl (C=O) groups excluding carboxylic acids is 2. The molecule has 1 aliphatic heterocycles. The van der Waals surface area contributed by atoms with Gasteiger partial charge in [0.15, 0.2) is 0 Å². The van der Waals surface area contributed by atoms with Crippen molar-refractivity contribution < 1.29 is 9.59 Å². The van der Waals surface area contributed by atoms with E-state index in [9.17, 15) is 9.59 Å². The summed E-state index contributed by atoms with van der Waals surface area (Å²) in [6.45, 7) is 5.87. The van der Waals surface area contributed by atoms with Gasteiger partial charge in [-0.05, 0) is 38.5 Å². The summed E-state index contributed by atoms with van der Waals surface area (Å²) in [6, 6.07) is 4.84. The molecule has 1 atom stereocenters. The van der Waals surface area contributed by atoms with Crippen LogP contribution in [0.4, 0.5) is 0 Å². The number of carbonyl (C=O) groups is 2. The molecule has 108 valence electrons. The standard InChI is InChI=1S/C15H17Cl2NO2/c1-15(2,3)18-13(7-10(19)8-14(18)20)11-5-4-9(16)6-12(11)17/h4-6,13H,7-8H2,1-3H3/t13-/m1/s1. The average molecular weight is 314 g/mol. The van der Waals surface area contributed by atoms with Gasteiger partial charge in [-0.25, -0.2) is 0 Å². The Morgan fingerprint density at radius 2 is 1.85 bits per heavy atom. The van der Waals surface area contributed by atoms with Crippen molar-refractivity contribution in [1.82, 2.24) is 4.90 Å². The van der Waals surface area contributed by atoms with E-state index in [0.717, 1.165) is 5.56 Å². The molecule has 1 aromatic carbocycles. The van der Waals surface area contributed by atoms with E-state index in [2.05, 4.69) is 0 Å². The van der Waals surface area contributed by atoms with Crippen LogP contribution in [-0.4, -0.2) is 22.1 Å². The van der Waals surface area contributed by atoms with Crippen molar-refractivity contribution in [2.24, 2.45) is 0 Å². The molecule has 1 heterocycles. The van der Waals surface area contributed by atoms with Gasteiger partial charge < -0.3 is 4.90 Å². The van der Waals surface area contributed by atoms with E-state index < -0.39 is 0 Å². The van der Waals surface area contributed by atoms with Crippen molar-refractivity contribution in [1.29, 1.82) is 0 Å². The minimum Gasteiger partial charge on any atom is -0.330 e. The predicted molar refractivity (Wildman–Crippen MR) is 80.0 cm³/mol. The van der Waals surface area contributed by atoms with Crippen LogP contribution in [0, 0.1) is 0 Å². The highest BCUT2D eigenvalue weighted by Gasteiger charge is 2.40. The summed E-state index contributed by atoms with van der Waals surface area (Å²) in [4.78, 5) is 25.8. The second-order valence-corrected chi connectivity index (χ2v) is 6.88. The molecule has 1 fully saturated rings. The maximum atomic E-state index is 12.2. The molecule has 1 amide bonds. The number of halogens is 2. The quantitative estimate of drug-likeness (QED) is 0.734. The minimum atomic E-state index is -0.370. The van der Waals surface area contributed by atoms with Gasteiger partial charge in [-0.3, -0.25) is 9.59 Å². The predicted octanol–water partition coefficient (Wildman–Crippen LogP) is 4.02. The van der Waals surface area contributed by atoms with Crippen molar-refractivity contribution >= 4 is 34.9 Å². The molecule has 1 aromatic rings. The summed E-state index contributed by atoms with van der Waals surface area (Å²) in [7, 11) is 0. The number of hydrogen-bond donors (Lipinski definition) is 0. The van der Waals surface area contributed by atoms with Crippen molar-refractivity contribution in [2.75, 3.05) is 0 Å². The Balaban J connectivity index is 2.49. The molecule has 0 bridgehead atoms. The summed E-state index contributed by atoms with van der Waals surface area (Å²) in [5, 5.41) is 1.02. The summed E-state index contributed by atoms with van der Waals surface area (Å²) in [6.07, 6.45) is 0.267. The lowest BCUT2D eigenvalue weighted by Crippen LogP contribution is -2.51. The molecule has 5 heteroatoms. The first kappa shape index (κ1) is 15.3. The Morgan fingerprint density at radius 1 is 1.20 bits per heavy atom. The molecule has 1 saturated heterocycles. The van der Waals surface area contributed by atoms with E-state index in [0.29, 0.717) is 16.5 Å². The smallest absolute Gasteiger partial charge is 0.230 e. The van der Waals surface area contributed by atoms with Gasteiger partial charge in [0.25, 0.3) is 0 Å². The van der Waals surface area contributed by atoms with Gasteiger partial charge in [0, 0.05) is 22.0 Å². The zero-order chi connectivity index (χ0) is 15.1. The first-order valence-corrected chi connectivity index (χ1v) is 7.24. The monoisotopic (exact) mass is 313 g/mol. The molecule has 0 spiro atoms. The van der Waals surface area contributed by atoms with Gasteiger partial charge >= 0.3 is 0 Å². The van der Waals surface area contributed by atoms with Crippen molar-refractivity contribution in [3.8, 4) is 0 Å². The third-order valence-corrected chi connectivity index (χ3v) is 3.96. The third kappa shape index (κ3) is 2.99. The summed E-state index contributed by atoms with van der Waals surface area (Å²) < 4.78 is 0. The van der Waals surface area contributed by atoms with E-state index in [1.165, 1.54) is 0 Å². The van der Waals surface area contributed by atoms with E-state index in [1.54, 1.807) is 23.1 Å². The summed E-state index contributed by atoms with van der Waals surface area (Å²) in [5.41, 5.74) is 0.401. The Kier molecular flexibility index (Phi) is 4.12. The van der Waals surface area contributed by atoms with Crippen LogP contribution in [0.3, 0.4) is 0 Å². The van der Waals surface area contributed by atoms with E-state index in [-0.39, 0.29) is 29.7 Å². The maximum absolute atomic E-state index is 12.2. The Hall–Kier alpha value is -1.06. The van der Waals surface area contributed by atoms with Gasteiger partial charge in [0.05, 0.1) is 12.5 Å². The van der Waals surface area contributed by atoms with Crippen LogP contribution in [0.15, 0.2) is 18.2 Å². The lowest BCUT2D eigenvalue weighted by molar-refractivity contribution is -0.148. The third-order valence-electron chi connectivity index (χ3n) is 3.39. The first-order chi connectivity index (χ1) is 9.20. The molecule has 3 nitrogen and oxygen atoms in total. The molecule has 20 heavy (non-hydrogen) atoms. The van der Waals surface area contributed by atoms with E-state index in [4.69, 9.17) is 23.2 Å². The average Bonchev–Trinajstić information content (AvgIpc) is 2.25. The largest absolute Gasteiger partial charge is 0.330 e. The number of likely N-dealkylation sites (tertiary alicyclic amines) is 1. The highest BCUT2D eigenvalue weighted by Crippen LogP contribution is 2.39. The maximum Gasteiger partial charge on any atom is 0.230 e. The van der Waals surface area contributed by atoms with Gasteiger partial charge in [-0.15, -0.1) is 0 Å². The second-order valence-electron chi connectivity index (χ2n) is 6.04. The molecule has 0 aliphatic carbocycles. The number of Topliss-reactive ketones (excluding diaryl/α,β-unsaturated/α-hetero) is 1. The Bertz CT molecular complexity index is 563. The van der Waals surface area contributed by atoms with Gasteiger partial charge in [-0.1, -0.05) is 29.3 Å². The van der Waals surface area contributed by atoms with Gasteiger partial charge in [0.2, 0.25) is 5.91 Å². The number of piperidine rings is 1. The Labute approximate surface area is 128 Å². The number of ketones is 1. The number of rotatable bonds is 1. The Morgan fingerprint density at radius 3 is 2.40 bits per heavy atom. The lowest BCUT2D eigenvalue weighted by atomic mass is 9.89. The molecular weight excluding hydrogens is 297 g/mol. The van der Waals surface area contributed by atoms with Crippen molar-refractivity contribution in [3.05, 3.63) is 33.8 Å². The van der Waals surface area contributed by atoms with Crippen molar-refractivity contribution in [2.45, 2.75) is 45.2 Å². The van der Waals surface area contributed by atoms with E-state index >= 15 is 0 Å². The fourth-order valence-corrected chi connectivity index (χ4v) is 3.20. The van der Waals surface area contributed by atoms with Crippen LogP contribution in [0.1, 0.15) is 45.2 Å². The molecular formula is C15H17Cl2NO2. The molecule has 0 saturated carbocycles. The number of amides is 1.